The zero-order valence-corrected chi connectivity index (χ0v) is 15.9. The lowest BCUT2D eigenvalue weighted by molar-refractivity contribution is 0.0214. The first-order chi connectivity index (χ1) is 12.7. The number of carbonyl (C=O) groups excluding carboxylic acids is 1. The second-order valence-corrected chi connectivity index (χ2v) is 8.59. The molecule has 4 heterocycles. The molecule has 2 fully saturated rings. The normalized spacial score (nSPS) is 22.1. The lowest BCUT2D eigenvalue weighted by atomic mass is 10.2. The summed E-state index contributed by atoms with van der Waals surface area (Å²) < 4.78 is 35.6. The van der Waals surface area contributed by atoms with E-state index in [0.717, 1.165) is 11.6 Å². The first-order valence-electron chi connectivity index (χ1n) is 8.55. The van der Waals surface area contributed by atoms with E-state index in [4.69, 9.17) is 9.15 Å². The molecule has 0 N–H and O–H groups in total. The minimum atomic E-state index is -2.80. The van der Waals surface area contributed by atoms with Crippen molar-refractivity contribution in [1.82, 2.24) is 20.1 Å². The number of amides is 1. The number of thiazole rings is 1. The van der Waals surface area contributed by atoms with Gasteiger partial charge in [-0.1, -0.05) is 11.3 Å². The van der Waals surface area contributed by atoms with Crippen LogP contribution in [0.4, 0.5) is 18.7 Å². The number of carbonyl (C=O) groups is 1. The second kappa shape index (κ2) is 6.39. The number of nitrogens with zero attached hydrogens (tertiary/aromatic N) is 5. The van der Waals surface area contributed by atoms with Gasteiger partial charge in [0.1, 0.15) is 10.5 Å². The number of hydrogen-bond acceptors (Lipinski definition) is 8. The number of aromatic nitrogens is 3. The molecule has 0 aliphatic carbocycles. The number of fused-ring (bicyclic) bond motifs is 2. The van der Waals surface area contributed by atoms with Gasteiger partial charge in [-0.15, -0.1) is 10.2 Å². The van der Waals surface area contributed by atoms with Crippen molar-refractivity contribution in [2.45, 2.75) is 51.3 Å². The van der Waals surface area contributed by atoms with Gasteiger partial charge in [0.05, 0.1) is 18.3 Å². The van der Waals surface area contributed by atoms with Crippen LogP contribution < -0.4 is 4.90 Å². The number of anilines is 1. The number of halogens is 2. The van der Waals surface area contributed by atoms with E-state index in [0.29, 0.717) is 18.0 Å². The molecule has 2 aromatic heterocycles. The molecule has 0 radical (unpaired) electrons. The summed E-state index contributed by atoms with van der Waals surface area (Å²) in [6, 6.07) is 0.229. The van der Waals surface area contributed by atoms with Crippen molar-refractivity contribution in [3.8, 4) is 10.8 Å². The molecule has 0 saturated carbocycles. The summed E-state index contributed by atoms with van der Waals surface area (Å²) >= 11 is 1.31. The Morgan fingerprint density at radius 2 is 2.11 bits per heavy atom. The Morgan fingerprint density at radius 3 is 2.70 bits per heavy atom. The van der Waals surface area contributed by atoms with Crippen molar-refractivity contribution in [3.63, 3.8) is 0 Å². The Balaban J connectivity index is 1.44. The summed E-state index contributed by atoms with van der Waals surface area (Å²) in [7, 11) is 0. The minimum Gasteiger partial charge on any atom is -0.444 e. The maximum atomic E-state index is 12.6. The monoisotopic (exact) mass is 399 g/mol. The minimum absolute atomic E-state index is 0.0359. The van der Waals surface area contributed by atoms with Crippen molar-refractivity contribution in [2.75, 3.05) is 18.0 Å². The summed E-state index contributed by atoms with van der Waals surface area (Å²) in [5.41, 5.74) is -0.524. The first kappa shape index (κ1) is 18.1. The fourth-order valence-corrected chi connectivity index (χ4v) is 4.28. The predicted molar refractivity (Wildman–Crippen MR) is 92.8 cm³/mol. The van der Waals surface area contributed by atoms with E-state index in [9.17, 15) is 13.6 Å². The lowest BCUT2D eigenvalue weighted by Gasteiger charge is -2.35. The molecular formula is C16H19F2N5O3S. The molecule has 2 atom stereocenters. The molecule has 0 unspecified atom stereocenters. The number of alkyl halides is 2. The number of likely N-dealkylation sites (tertiary alicyclic amines) is 1. The van der Waals surface area contributed by atoms with Gasteiger partial charge in [-0.25, -0.2) is 9.78 Å². The van der Waals surface area contributed by atoms with Gasteiger partial charge in [0, 0.05) is 13.1 Å². The average Bonchev–Trinajstić information content (AvgIpc) is 3.33. The lowest BCUT2D eigenvalue weighted by Crippen LogP contribution is -2.50. The van der Waals surface area contributed by atoms with Crippen molar-refractivity contribution in [3.05, 3.63) is 12.1 Å². The summed E-state index contributed by atoms with van der Waals surface area (Å²) in [4.78, 5) is 21.1. The van der Waals surface area contributed by atoms with Gasteiger partial charge in [0.15, 0.2) is 5.13 Å². The third kappa shape index (κ3) is 3.47. The number of ether oxygens (including phenoxy) is 1. The molecule has 2 aromatic rings. The summed E-state index contributed by atoms with van der Waals surface area (Å²) in [6.45, 7) is 6.77. The number of piperazine rings is 1. The number of rotatable bonds is 3. The molecule has 2 saturated heterocycles. The van der Waals surface area contributed by atoms with Crippen LogP contribution in [-0.4, -0.2) is 56.9 Å². The van der Waals surface area contributed by atoms with E-state index >= 15 is 0 Å². The summed E-state index contributed by atoms with van der Waals surface area (Å²) in [6.07, 6.45) is -0.698. The highest BCUT2D eigenvalue weighted by atomic mass is 32.1. The van der Waals surface area contributed by atoms with Gasteiger partial charge in [0.2, 0.25) is 0 Å². The van der Waals surface area contributed by atoms with Gasteiger partial charge >= 0.3 is 12.5 Å². The Morgan fingerprint density at radius 1 is 1.33 bits per heavy atom. The molecule has 4 rings (SSSR count). The van der Waals surface area contributed by atoms with Crippen LogP contribution in [0, 0.1) is 0 Å². The van der Waals surface area contributed by atoms with Gasteiger partial charge < -0.3 is 19.0 Å². The Hall–Kier alpha value is -2.30. The molecule has 2 aliphatic rings. The van der Waals surface area contributed by atoms with Crippen LogP contribution >= 0.6 is 11.3 Å². The van der Waals surface area contributed by atoms with E-state index in [-0.39, 0.29) is 24.1 Å². The maximum Gasteiger partial charge on any atom is 0.410 e. The second-order valence-electron chi connectivity index (χ2n) is 7.58. The molecule has 146 valence electrons. The topological polar surface area (TPSA) is 84.6 Å². The fraction of sp³-hybridized carbons (Fsp3) is 0.625. The standard InChI is InChI=1S/C16H19F2N5O3S/c1-16(2,3)26-15(24)23-7-8-4-9(23)6-22(8)14-19-5-10(27-14)12-20-21-13(25-12)11(17)18/h5,8-9,11H,4,6-7H2,1-3H3/t8-,9-/m1/s1. The van der Waals surface area contributed by atoms with Crippen LogP contribution in [0.1, 0.15) is 39.5 Å². The van der Waals surface area contributed by atoms with Crippen molar-refractivity contribution >= 4 is 22.6 Å². The van der Waals surface area contributed by atoms with Crippen LogP contribution in [0.3, 0.4) is 0 Å². The summed E-state index contributed by atoms with van der Waals surface area (Å²) in [5, 5.41) is 7.74. The highest BCUT2D eigenvalue weighted by Crippen LogP contribution is 2.39. The zero-order valence-electron chi connectivity index (χ0n) is 15.1. The van der Waals surface area contributed by atoms with Gasteiger partial charge in [-0.2, -0.15) is 8.78 Å². The molecular weight excluding hydrogens is 380 g/mol. The van der Waals surface area contributed by atoms with E-state index in [1.54, 1.807) is 11.1 Å². The van der Waals surface area contributed by atoms with E-state index in [2.05, 4.69) is 20.1 Å². The highest BCUT2D eigenvalue weighted by Gasteiger charge is 2.47. The van der Waals surface area contributed by atoms with Gasteiger partial charge in [-0.3, -0.25) is 0 Å². The summed E-state index contributed by atoms with van der Waals surface area (Å²) in [5.74, 6) is -0.665. The zero-order chi connectivity index (χ0) is 19.3. The Kier molecular flexibility index (Phi) is 4.28. The third-order valence-electron chi connectivity index (χ3n) is 4.45. The van der Waals surface area contributed by atoms with Crippen LogP contribution in [0.25, 0.3) is 10.8 Å². The quantitative estimate of drug-likeness (QED) is 0.783. The molecule has 2 aliphatic heterocycles. The third-order valence-corrected chi connectivity index (χ3v) is 5.47. The van der Waals surface area contributed by atoms with E-state index in [1.165, 1.54) is 11.3 Å². The highest BCUT2D eigenvalue weighted by molar-refractivity contribution is 7.18. The van der Waals surface area contributed by atoms with E-state index in [1.807, 2.05) is 20.8 Å². The smallest absolute Gasteiger partial charge is 0.410 e. The molecule has 2 bridgehead atoms. The predicted octanol–water partition coefficient (Wildman–Crippen LogP) is 3.33. The SMILES string of the molecule is CC(C)(C)OC(=O)N1C[C@H]2C[C@@H]1CN2c1ncc(-c2nnc(C(F)F)o2)s1. The Labute approximate surface area is 158 Å². The molecule has 8 nitrogen and oxygen atoms in total. The molecule has 0 aromatic carbocycles. The maximum absolute atomic E-state index is 12.6. The fourth-order valence-electron chi connectivity index (χ4n) is 3.36. The van der Waals surface area contributed by atoms with Crippen molar-refractivity contribution < 1.29 is 22.7 Å². The van der Waals surface area contributed by atoms with Gasteiger partial charge in [-0.05, 0) is 27.2 Å². The van der Waals surface area contributed by atoms with Crippen molar-refractivity contribution in [1.29, 1.82) is 0 Å². The van der Waals surface area contributed by atoms with Crippen LogP contribution in [-0.2, 0) is 4.74 Å². The van der Waals surface area contributed by atoms with Gasteiger partial charge in [0.25, 0.3) is 11.8 Å². The Bertz CT molecular complexity index is 849. The molecule has 11 heteroatoms. The van der Waals surface area contributed by atoms with E-state index < -0.39 is 17.9 Å². The van der Waals surface area contributed by atoms with Crippen molar-refractivity contribution in [2.24, 2.45) is 0 Å². The molecule has 0 spiro atoms. The van der Waals surface area contributed by atoms with Crippen LogP contribution in [0.2, 0.25) is 0 Å². The molecule has 1 amide bonds. The number of hydrogen-bond donors (Lipinski definition) is 0. The van der Waals surface area contributed by atoms with Crippen LogP contribution in [0.5, 0.6) is 0 Å². The molecule has 27 heavy (non-hydrogen) atoms. The largest absolute Gasteiger partial charge is 0.444 e. The first-order valence-corrected chi connectivity index (χ1v) is 9.37. The van der Waals surface area contributed by atoms with Crippen LogP contribution in [0.15, 0.2) is 10.6 Å². The average molecular weight is 399 g/mol.